The van der Waals surface area contributed by atoms with Gasteiger partial charge in [-0.1, -0.05) is 29.8 Å². The minimum Gasteiger partial charge on any atom is -0.508 e. The predicted molar refractivity (Wildman–Crippen MR) is 132 cm³/mol. The number of halogens is 1. The molecular weight excluding hydrogens is 436 g/mol. The normalized spacial score (nSPS) is 15.2. The van der Waals surface area contributed by atoms with Crippen LogP contribution in [0, 0.1) is 0 Å². The molecule has 6 heteroatoms. The lowest BCUT2D eigenvalue weighted by atomic mass is 9.99. The van der Waals surface area contributed by atoms with Gasteiger partial charge in [0.2, 0.25) is 0 Å². The highest BCUT2D eigenvalue weighted by atomic mass is 35.5. The number of phenols is 2. The van der Waals surface area contributed by atoms with Crippen LogP contribution in [0.15, 0.2) is 60.7 Å². The molecule has 1 unspecified atom stereocenters. The van der Waals surface area contributed by atoms with Crippen molar-refractivity contribution < 1.29 is 14.9 Å². The zero-order valence-electron chi connectivity index (χ0n) is 18.5. The highest BCUT2D eigenvalue weighted by molar-refractivity contribution is 6.38. The highest BCUT2D eigenvalue weighted by Crippen LogP contribution is 2.41. The number of aromatic nitrogens is 1. The first-order chi connectivity index (χ1) is 16.0. The number of ether oxygens (including phenoxy) is 1. The molecule has 3 aromatic carbocycles. The number of fused-ring (bicyclic) bond motifs is 1. The molecule has 0 amide bonds. The molecule has 1 fully saturated rings. The van der Waals surface area contributed by atoms with Gasteiger partial charge in [-0.3, -0.25) is 4.90 Å². The number of hydrogen-bond acceptors (Lipinski definition) is 4. The van der Waals surface area contributed by atoms with Crippen LogP contribution in [-0.2, 0) is 6.42 Å². The fourth-order valence-corrected chi connectivity index (χ4v) is 5.00. The summed E-state index contributed by atoms with van der Waals surface area (Å²) in [5, 5.41) is 21.8. The van der Waals surface area contributed by atoms with Crippen LogP contribution in [0.3, 0.4) is 0 Å². The lowest BCUT2D eigenvalue weighted by Crippen LogP contribution is -2.34. The third-order valence-electron chi connectivity index (χ3n) is 6.44. The van der Waals surface area contributed by atoms with Gasteiger partial charge in [-0.2, -0.15) is 0 Å². The fourth-order valence-electron chi connectivity index (χ4n) is 4.63. The molecule has 3 N–H and O–H groups in total. The van der Waals surface area contributed by atoms with E-state index in [-0.39, 0.29) is 17.7 Å². The van der Waals surface area contributed by atoms with Crippen molar-refractivity contribution >= 4 is 22.5 Å². The minimum atomic E-state index is -0.00464. The van der Waals surface area contributed by atoms with Gasteiger partial charge in [-0.15, -0.1) is 0 Å². The molecule has 1 aliphatic rings. The van der Waals surface area contributed by atoms with Crippen LogP contribution in [0.25, 0.3) is 22.2 Å². The van der Waals surface area contributed by atoms with Crippen molar-refractivity contribution in [3.05, 3.63) is 76.8 Å². The van der Waals surface area contributed by atoms with Crippen LogP contribution in [0.4, 0.5) is 0 Å². The fraction of sp³-hybridized carbons (Fsp3) is 0.259. The third-order valence-corrected chi connectivity index (χ3v) is 6.81. The minimum absolute atomic E-state index is 0.00464. The Bertz CT molecular complexity index is 1280. The van der Waals surface area contributed by atoms with Gasteiger partial charge in [0.25, 0.3) is 0 Å². The first kappa shape index (κ1) is 21.7. The summed E-state index contributed by atoms with van der Waals surface area (Å²) in [7, 11) is 0. The molecule has 5 rings (SSSR count). The summed E-state index contributed by atoms with van der Waals surface area (Å²) in [5.41, 5.74) is 4.21. The number of H-pyrrole nitrogens is 1. The van der Waals surface area contributed by atoms with E-state index in [4.69, 9.17) is 16.3 Å². The van der Waals surface area contributed by atoms with Gasteiger partial charge in [0, 0.05) is 36.0 Å². The van der Waals surface area contributed by atoms with E-state index in [0.29, 0.717) is 11.4 Å². The summed E-state index contributed by atoms with van der Waals surface area (Å²) in [6, 6.07) is 18.4. The van der Waals surface area contributed by atoms with E-state index in [1.807, 2.05) is 42.5 Å². The van der Waals surface area contributed by atoms with Gasteiger partial charge in [0.15, 0.2) is 0 Å². The molecule has 170 valence electrons. The lowest BCUT2D eigenvalue weighted by Gasteiger charge is -2.25. The zero-order chi connectivity index (χ0) is 22.9. The second-order valence-electron chi connectivity index (χ2n) is 8.59. The predicted octanol–water partition coefficient (Wildman–Crippen LogP) is 6.31. The van der Waals surface area contributed by atoms with E-state index in [1.165, 1.54) is 12.8 Å². The van der Waals surface area contributed by atoms with Gasteiger partial charge < -0.3 is 19.9 Å². The zero-order valence-corrected chi connectivity index (χ0v) is 19.3. The van der Waals surface area contributed by atoms with E-state index < -0.39 is 0 Å². The first-order valence-corrected chi connectivity index (χ1v) is 11.7. The number of aromatic amines is 1. The van der Waals surface area contributed by atoms with E-state index in [9.17, 15) is 10.2 Å². The number of nitrogens with zero attached hydrogens (tertiary/aromatic N) is 1. The largest absolute Gasteiger partial charge is 0.508 e. The Morgan fingerprint density at radius 2 is 1.73 bits per heavy atom. The van der Waals surface area contributed by atoms with Crippen molar-refractivity contribution in [1.29, 1.82) is 0 Å². The summed E-state index contributed by atoms with van der Waals surface area (Å²) in [6.45, 7) is 4.21. The molecule has 0 radical (unpaired) electrons. The standard InChI is InChI=1S/C27H27ClN2O3/c1-17(30-14-4-5-15-30)33-24-7-3-2-6-19(24)16-21-23(32)13-12-22-25(21)26(28)27(29-22)18-8-10-20(31)11-9-18/h2-3,6-13,17,29,31-32H,4-5,14-16H2,1H3. The van der Waals surface area contributed by atoms with Crippen molar-refractivity contribution in [2.24, 2.45) is 0 Å². The Morgan fingerprint density at radius 3 is 2.48 bits per heavy atom. The summed E-state index contributed by atoms with van der Waals surface area (Å²) < 4.78 is 6.35. The number of nitrogens with one attached hydrogen (secondary N) is 1. The third kappa shape index (κ3) is 4.26. The average Bonchev–Trinajstić information content (AvgIpc) is 3.46. The summed E-state index contributed by atoms with van der Waals surface area (Å²) in [4.78, 5) is 5.72. The summed E-state index contributed by atoms with van der Waals surface area (Å²) >= 11 is 6.84. The smallest absolute Gasteiger partial charge is 0.149 e. The molecule has 0 saturated carbocycles. The van der Waals surface area contributed by atoms with E-state index in [1.54, 1.807) is 18.2 Å². The van der Waals surface area contributed by atoms with Crippen molar-refractivity contribution in [1.82, 2.24) is 9.88 Å². The van der Waals surface area contributed by atoms with Crippen molar-refractivity contribution in [2.75, 3.05) is 13.1 Å². The molecule has 1 aromatic heterocycles. The van der Waals surface area contributed by atoms with Crippen LogP contribution in [0.1, 0.15) is 30.9 Å². The Labute approximate surface area is 198 Å². The lowest BCUT2D eigenvalue weighted by molar-refractivity contribution is 0.0584. The molecule has 5 nitrogen and oxygen atoms in total. The van der Waals surface area contributed by atoms with Crippen molar-refractivity contribution in [2.45, 2.75) is 32.4 Å². The molecular formula is C27H27ClN2O3. The Morgan fingerprint density at radius 1 is 1.00 bits per heavy atom. The molecule has 1 atom stereocenters. The summed E-state index contributed by atoms with van der Waals surface area (Å²) in [5.74, 6) is 1.21. The van der Waals surface area contributed by atoms with Gasteiger partial charge in [0.1, 0.15) is 23.5 Å². The monoisotopic (exact) mass is 462 g/mol. The molecule has 1 saturated heterocycles. The Kier molecular flexibility index (Phi) is 5.92. The van der Waals surface area contributed by atoms with Crippen LogP contribution >= 0.6 is 11.6 Å². The molecule has 1 aliphatic heterocycles. The van der Waals surface area contributed by atoms with Crippen LogP contribution in [-0.4, -0.2) is 39.4 Å². The van der Waals surface area contributed by atoms with Crippen molar-refractivity contribution in [3.63, 3.8) is 0 Å². The number of para-hydroxylation sites is 1. The molecule has 0 bridgehead atoms. The van der Waals surface area contributed by atoms with Crippen molar-refractivity contribution in [3.8, 4) is 28.5 Å². The number of aromatic hydroxyl groups is 2. The van der Waals surface area contributed by atoms with Gasteiger partial charge in [0.05, 0.1) is 10.7 Å². The highest BCUT2D eigenvalue weighted by Gasteiger charge is 2.22. The van der Waals surface area contributed by atoms with E-state index in [0.717, 1.165) is 52.1 Å². The molecule has 0 aliphatic carbocycles. The van der Waals surface area contributed by atoms with Crippen LogP contribution in [0.5, 0.6) is 17.2 Å². The molecule has 0 spiro atoms. The quantitative estimate of drug-likeness (QED) is 0.314. The van der Waals surface area contributed by atoms with Gasteiger partial charge in [-0.05, 0) is 73.4 Å². The van der Waals surface area contributed by atoms with Gasteiger partial charge in [-0.25, -0.2) is 0 Å². The average molecular weight is 463 g/mol. The molecule has 33 heavy (non-hydrogen) atoms. The summed E-state index contributed by atoms with van der Waals surface area (Å²) in [6.07, 6.45) is 2.90. The van der Waals surface area contributed by atoms with E-state index in [2.05, 4.69) is 16.8 Å². The second kappa shape index (κ2) is 9.00. The molecule has 4 aromatic rings. The SMILES string of the molecule is CC(Oc1ccccc1Cc1c(O)ccc2[nH]c(-c3ccc(O)cc3)c(Cl)c12)N1CCCC1. The maximum atomic E-state index is 10.8. The molecule has 2 heterocycles. The number of rotatable bonds is 6. The maximum absolute atomic E-state index is 10.8. The van der Waals surface area contributed by atoms with Crippen LogP contribution < -0.4 is 4.74 Å². The first-order valence-electron chi connectivity index (χ1n) is 11.3. The topological polar surface area (TPSA) is 68.7 Å². The van der Waals surface area contributed by atoms with E-state index >= 15 is 0 Å². The Hall–Kier alpha value is -3.15. The maximum Gasteiger partial charge on any atom is 0.149 e. The Balaban J connectivity index is 1.52. The van der Waals surface area contributed by atoms with Gasteiger partial charge >= 0.3 is 0 Å². The van der Waals surface area contributed by atoms with Crippen LogP contribution in [0.2, 0.25) is 5.02 Å². The second-order valence-corrected chi connectivity index (χ2v) is 8.97. The number of likely N-dealkylation sites (tertiary alicyclic amines) is 1. The number of phenolic OH excluding ortho intramolecular Hbond substituents is 2. The number of benzene rings is 3. The number of hydrogen-bond donors (Lipinski definition) is 3.